The van der Waals surface area contributed by atoms with Gasteiger partial charge in [-0.15, -0.1) is 0 Å². The summed E-state index contributed by atoms with van der Waals surface area (Å²) >= 11 is 0. The summed E-state index contributed by atoms with van der Waals surface area (Å²) in [5.41, 5.74) is -13.6. The normalized spacial score (nSPS) is 12.8. The minimum atomic E-state index is -5.36. The number of nitrogens with zero attached hydrogens (tertiary/aromatic N) is 3. The smallest absolute Gasteiger partial charge is 0.308 e. The number of fused-ring (bicyclic) bond motifs is 3. The molecule has 0 N–H and O–H groups in total. The Morgan fingerprint density at radius 2 is 0.600 bits per heavy atom. The largest absolute Gasteiger partial charge is 0.417 e. The molecule has 0 fully saturated rings. The first-order valence-corrected chi connectivity index (χ1v) is 25.1. The minimum absolute atomic E-state index is 0.139. The zero-order valence-corrected chi connectivity index (χ0v) is 42.7. The Morgan fingerprint density at radius 3 is 0.941 bits per heavy atom. The number of rotatable bonds is 8. The average molecular weight is 1190 g/mol. The molecule has 0 aliphatic carbocycles. The molecular formula is C64H33F18N3. The standard InChI is InChI=1S/C64H33F18N3/c65-59(66,67)41-23-38(24-42(31-41)60(68,69)70)36-19-21-55-47(27-36)48-28-37(39-25-43(61(71,72)73)32-44(26-39)62(74,75)76)20-22-56(48)85(55)57-49(45-15-7-9-17-51(45)63(77,78)79)29-40(30-50(57)46-16-8-10-18-52(46)64(80,81)82)58-83-53(34-11-3-1-4-12-34)33-54(84-58)35-13-5-2-6-14-35/h1-33H. The van der Waals surface area contributed by atoms with Crippen LogP contribution in [0.15, 0.2) is 200 Å². The molecule has 0 saturated carbocycles. The van der Waals surface area contributed by atoms with E-state index in [2.05, 4.69) is 0 Å². The van der Waals surface area contributed by atoms with Gasteiger partial charge in [-0.2, -0.15) is 79.0 Å². The van der Waals surface area contributed by atoms with E-state index in [4.69, 9.17) is 9.97 Å². The van der Waals surface area contributed by atoms with Crippen molar-refractivity contribution in [2.24, 2.45) is 0 Å². The van der Waals surface area contributed by atoms with Crippen molar-refractivity contribution in [2.75, 3.05) is 0 Å². The summed E-state index contributed by atoms with van der Waals surface area (Å²) in [7, 11) is 0. The van der Waals surface area contributed by atoms with E-state index in [-0.39, 0.29) is 56.7 Å². The van der Waals surface area contributed by atoms with E-state index in [9.17, 15) is 52.7 Å². The summed E-state index contributed by atoms with van der Waals surface area (Å²) in [6.45, 7) is 0. The van der Waals surface area contributed by atoms with Gasteiger partial charge in [0, 0.05) is 38.6 Å². The van der Waals surface area contributed by atoms with Crippen LogP contribution in [0.1, 0.15) is 33.4 Å². The molecule has 2 aromatic heterocycles. The van der Waals surface area contributed by atoms with Crippen LogP contribution in [0.4, 0.5) is 79.0 Å². The first kappa shape index (κ1) is 57.4. The van der Waals surface area contributed by atoms with Crippen LogP contribution in [0, 0.1) is 0 Å². The predicted molar refractivity (Wildman–Crippen MR) is 284 cm³/mol. The van der Waals surface area contributed by atoms with E-state index in [1.807, 2.05) is 0 Å². The summed E-state index contributed by atoms with van der Waals surface area (Å²) in [4.78, 5) is 9.64. The molecule has 0 unspecified atom stereocenters. The van der Waals surface area contributed by atoms with E-state index < -0.39 is 121 Å². The van der Waals surface area contributed by atoms with Crippen molar-refractivity contribution in [2.45, 2.75) is 37.1 Å². The molecular weight excluding hydrogens is 1150 g/mol. The monoisotopic (exact) mass is 1190 g/mol. The second-order valence-corrected chi connectivity index (χ2v) is 19.6. The lowest BCUT2D eigenvalue weighted by Crippen LogP contribution is -2.11. The predicted octanol–water partition coefficient (Wildman–Crippen LogP) is 21.4. The SMILES string of the molecule is FC(F)(F)c1cc(-c2ccc3c(c2)c2cc(-c4cc(C(F)(F)F)cc(C(F)(F)F)c4)ccc2n3-c2c(-c3ccccc3C(F)(F)F)cc(-c3nc(-c4ccccc4)cc(-c4ccccc4)n3)cc2-c2ccccc2C(F)(F)F)cc(C(F)(F)F)c1. The first-order chi connectivity index (χ1) is 39.9. The molecule has 0 bridgehead atoms. The summed E-state index contributed by atoms with van der Waals surface area (Å²) in [5.74, 6) is -0.210. The topological polar surface area (TPSA) is 30.7 Å². The molecule has 0 atom stereocenters. The second-order valence-electron chi connectivity index (χ2n) is 19.6. The average Bonchev–Trinajstić information content (AvgIpc) is 1.69. The molecule has 85 heavy (non-hydrogen) atoms. The highest BCUT2D eigenvalue weighted by molar-refractivity contribution is 6.13. The number of alkyl halides is 18. The van der Waals surface area contributed by atoms with Crippen molar-refractivity contribution in [1.82, 2.24) is 14.5 Å². The molecule has 0 aliphatic rings. The van der Waals surface area contributed by atoms with Crippen molar-refractivity contribution in [3.8, 4) is 84.1 Å². The Hall–Kier alpha value is -9.40. The van der Waals surface area contributed by atoms with Gasteiger partial charge in [0.25, 0.3) is 0 Å². The molecule has 2 heterocycles. The van der Waals surface area contributed by atoms with Crippen LogP contribution in [0.5, 0.6) is 0 Å². The van der Waals surface area contributed by atoms with Crippen LogP contribution in [-0.4, -0.2) is 14.5 Å². The molecule has 0 radical (unpaired) electrons. The maximum absolute atomic E-state index is 15.6. The molecule has 11 aromatic rings. The van der Waals surface area contributed by atoms with Crippen molar-refractivity contribution < 1.29 is 79.0 Å². The highest BCUT2D eigenvalue weighted by Gasteiger charge is 2.41. The lowest BCUT2D eigenvalue weighted by Gasteiger charge is -2.24. The molecule has 11 rings (SSSR count). The van der Waals surface area contributed by atoms with E-state index in [0.717, 1.165) is 65.2 Å². The number of aromatic nitrogens is 3. The first-order valence-electron chi connectivity index (χ1n) is 25.1. The number of halogens is 18. The molecule has 3 nitrogen and oxygen atoms in total. The third kappa shape index (κ3) is 11.3. The Balaban J connectivity index is 1.32. The highest BCUT2D eigenvalue weighted by Crippen LogP contribution is 2.51. The van der Waals surface area contributed by atoms with Gasteiger partial charge in [-0.25, -0.2) is 9.97 Å². The molecule has 0 amide bonds. The van der Waals surface area contributed by atoms with E-state index in [0.29, 0.717) is 47.5 Å². The van der Waals surface area contributed by atoms with Gasteiger partial charge in [-0.05, 0) is 124 Å². The van der Waals surface area contributed by atoms with E-state index in [1.54, 1.807) is 66.7 Å². The molecule has 9 aromatic carbocycles. The van der Waals surface area contributed by atoms with E-state index >= 15 is 26.3 Å². The number of benzene rings is 9. The van der Waals surface area contributed by atoms with Crippen LogP contribution in [-0.2, 0) is 37.1 Å². The summed E-state index contributed by atoms with van der Waals surface area (Å²) in [5, 5.41) is -0.493. The fourth-order valence-corrected chi connectivity index (χ4v) is 10.3. The molecule has 0 saturated heterocycles. The van der Waals surface area contributed by atoms with Crippen LogP contribution in [0.25, 0.3) is 106 Å². The van der Waals surface area contributed by atoms with E-state index in [1.165, 1.54) is 24.3 Å². The third-order valence-corrected chi connectivity index (χ3v) is 14.1. The zero-order valence-electron chi connectivity index (χ0n) is 42.7. The van der Waals surface area contributed by atoms with Gasteiger partial charge < -0.3 is 4.57 Å². The van der Waals surface area contributed by atoms with Gasteiger partial charge in [0.05, 0.1) is 61.5 Å². The fourth-order valence-electron chi connectivity index (χ4n) is 10.3. The van der Waals surface area contributed by atoms with Crippen molar-refractivity contribution >= 4 is 21.8 Å². The Morgan fingerprint density at radius 1 is 0.259 bits per heavy atom. The molecule has 0 spiro atoms. The van der Waals surface area contributed by atoms with Gasteiger partial charge in [-0.1, -0.05) is 109 Å². The molecule has 430 valence electrons. The third-order valence-electron chi connectivity index (χ3n) is 14.1. The highest BCUT2D eigenvalue weighted by atomic mass is 19.4. The van der Waals surface area contributed by atoms with Gasteiger partial charge in [0.15, 0.2) is 5.82 Å². The van der Waals surface area contributed by atoms with Crippen LogP contribution < -0.4 is 0 Å². The summed E-state index contributed by atoms with van der Waals surface area (Å²) in [6.07, 6.45) is -31.9. The maximum atomic E-state index is 15.6. The summed E-state index contributed by atoms with van der Waals surface area (Å²) < 4.78 is 267. The number of hydrogen-bond acceptors (Lipinski definition) is 2. The Bertz CT molecular complexity index is 4040. The van der Waals surface area contributed by atoms with Gasteiger partial charge >= 0.3 is 37.1 Å². The van der Waals surface area contributed by atoms with Crippen LogP contribution >= 0.6 is 0 Å². The lowest BCUT2D eigenvalue weighted by atomic mass is 9.88. The Kier molecular flexibility index (Phi) is 14.0. The van der Waals surface area contributed by atoms with Crippen molar-refractivity contribution in [3.05, 3.63) is 234 Å². The zero-order chi connectivity index (χ0) is 60.8. The maximum Gasteiger partial charge on any atom is 0.417 e. The summed E-state index contributed by atoms with van der Waals surface area (Å²) in [6, 6.07) is 36.6. The quantitative estimate of drug-likeness (QED) is 0.142. The number of hydrogen-bond donors (Lipinski definition) is 0. The second kappa shape index (κ2) is 20.7. The molecule has 21 heteroatoms. The van der Waals surface area contributed by atoms with Crippen molar-refractivity contribution in [1.29, 1.82) is 0 Å². The Labute approximate surface area is 468 Å². The van der Waals surface area contributed by atoms with Crippen LogP contribution in [0.3, 0.4) is 0 Å². The fraction of sp³-hybridized carbons (Fsp3) is 0.0938. The van der Waals surface area contributed by atoms with Gasteiger partial charge in [-0.3, -0.25) is 0 Å². The van der Waals surface area contributed by atoms with Gasteiger partial charge in [0.1, 0.15) is 0 Å². The lowest BCUT2D eigenvalue weighted by molar-refractivity contribution is -0.144. The van der Waals surface area contributed by atoms with Crippen LogP contribution in [0.2, 0.25) is 0 Å². The minimum Gasteiger partial charge on any atom is -0.308 e. The molecule has 0 aliphatic heterocycles. The van der Waals surface area contributed by atoms with Gasteiger partial charge in [0.2, 0.25) is 0 Å². The van der Waals surface area contributed by atoms with Crippen molar-refractivity contribution in [3.63, 3.8) is 0 Å².